The van der Waals surface area contributed by atoms with Gasteiger partial charge in [0.1, 0.15) is 0 Å². The second-order valence-electron chi connectivity index (χ2n) is 4.04. The van der Waals surface area contributed by atoms with Crippen molar-refractivity contribution in [3.63, 3.8) is 0 Å². The Bertz CT molecular complexity index is 447. The highest BCUT2D eigenvalue weighted by molar-refractivity contribution is 5.31. The Hall–Kier alpha value is -1.48. The lowest BCUT2D eigenvalue weighted by atomic mass is 10.1. The van der Waals surface area contributed by atoms with Gasteiger partial charge in [0.05, 0.1) is 0 Å². The standard InChI is InChI=1S/C8H8F6N4/c1-3-2-4(7(9,10)11)18-6(15-3)16-5(17-18)8(12,13)14/h3-4H,2H2,1H3,(H,15,16,17). The van der Waals surface area contributed by atoms with Crippen molar-refractivity contribution in [2.45, 2.75) is 37.8 Å². The molecular formula is C8H8F6N4. The van der Waals surface area contributed by atoms with Gasteiger partial charge in [0.25, 0.3) is 5.82 Å². The Morgan fingerprint density at radius 3 is 2.33 bits per heavy atom. The molecule has 1 aromatic heterocycles. The third-order valence-electron chi connectivity index (χ3n) is 2.51. The van der Waals surface area contributed by atoms with Gasteiger partial charge in [-0.05, 0) is 13.3 Å². The summed E-state index contributed by atoms with van der Waals surface area (Å²) in [6, 6.07) is -2.72. The largest absolute Gasteiger partial charge is 0.453 e. The highest BCUT2D eigenvalue weighted by atomic mass is 19.4. The molecule has 0 spiro atoms. The Kier molecular flexibility index (Phi) is 2.70. The number of nitrogens with one attached hydrogen (secondary N) is 1. The zero-order valence-electron chi connectivity index (χ0n) is 8.97. The van der Waals surface area contributed by atoms with Gasteiger partial charge in [0.2, 0.25) is 5.95 Å². The van der Waals surface area contributed by atoms with E-state index in [-0.39, 0.29) is 4.68 Å². The molecular weight excluding hydrogens is 266 g/mol. The fraction of sp³-hybridized carbons (Fsp3) is 0.750. The first-order valence-electron chi connectivity index (χ1n) is 4.96. The smallest absolute Gasteiger partial charge is 0.352 e. The predicted molar refractivity (Wildman–Crippen MR) is 47.8 cm³/mol. The maximum absolute atomic E-state index is 12.7. The van der Waals surface area contributed by atoms with Crippen molar-refractivity contribution in [3.05, 3.63) is 5.82 Å². The van der Waals surface area contributed by atoms with Crippen LogP contribution in [0.25, 0.3) is 0 Å². The minimum absolute atomic E-state index is 0.253. The Morgan fingerprint density at radius 2 is 1.83 bits per heavy atom. The van der Waals surface area contributed by atoms with Crippen molar-refractivity contribution in [2.24, 2.45) is 0 Å². The van der Waals surface area contributed by atoms with E-state index in [9.17, 15) is 26.3 Å². The SMILES string of the molecule is CC1CC(C(F)(F)F)n2nc(C(F)(F)F)nc2N1. The molecule has 18 heavy (non-hydrogen) atoms. The van der Waals surface area contributed by atoms with E-state index < -0.39 is 42.6 Å². The van der Waals surface area contributed by atoms with Gasteiger partial charge in [-0.15, -0.1) is 5.10 Å². The molecule has 0 bridgehead atoms. The zero-order valence-corrected chi connectivity index (χ0v) is 8.97. The number of aromatic nitrogens is 3. The maximum atomic E-state index is 12.7. The molecule has 2 rings (SSSR count). The third-order valence-corrected chi connectivity index (χ3v) is 2.51. The molecule has 1 aliphatic rings. The number of nitrogens with zero attached hydrogens (tertiary/aromatic N) is 3. The van der Waals surface area contributed by atoms with E-state index in [1.165, 1.54) is 6.92 Å². The van der Waals surface area contributed by atoms with Crippen LogP contribution in [0, 0.1) is 0 Å². The summed E-state index contributed by atoms with van der Waals surface area (Å²) < 4.78 is 75.4. The molecule has 1 N–H and O–H groups in total. The molecule has 1 aliphatic heterocycles. The van der Waals surface area contributed by atoms with E-state index in [1.807, 2.05) is 0 Å². The van der Waals surface area contributed by atoms with Crippen molar-refractivity contribution in [1.29, 1.82) is 0 Å². The van der Waals surface area contributed by atoms with E-state index in [0.717, 1.165) is 0 Å². The van der Waals surface area contributed by atoms with Crippen molar-refractivity contribution in [3.8, 4) is 0 Å². The number of fused-ring (bicyclic) bond motifs is 1. The van der Waals surface area contributed by atoms with Gasteiger partial charge in [0, 0.05) is 6.04 Å². The lowest BCUT2D eigenvalue weighted by Crippen LogP contribution is -2.38. The highest BCUT2D eigenvalue weighted by Gasteiger charge is 2.48. The number of rotatable bonds is 0. The van der Waals surface area contributed by atoms with Gasteiger partial charge in [-0.1, -0.05) is 0 Å². The average Bonchev–Trinajstić information content (AvgIpc) is 2.57. The van der Waals surface area contributed by atoms with Gasteiger partial charge in [-0.25, -0.2) is 4.68 Å². The van der Waals surface area contributed by atoms with Crippen molar-refractivity contribution < 1.29 is 26.3 Å². The summed E-state index contributed by atoms with van der Waals surface area (Å²) in [5.74, 6) is -2.09. The second kappa shape index (κ2) is 3.75. The molecule has 4 nitrogen and oxygen atoms in total. The third kappa shape index (κ3) is 2.23. The summed E-state index contributed by atoms with van der Waals surface area (Å²) in [4.78, 5) is 3.05. The summed E-state index contributed by atoms with van der Waals surface area (Å²) in [6.07, 6.45) is -9.93. The minimum Gasteiger partial charge on any atom is -0.352 e. The highest BCUT2D eigenvalue weighted by Crippen LogP contribution is 2.39. The monoisotopic (exact) mass is 274 g/mol. The zero-order chi connectivity index (χ0) is 13.7. The minimum atomic E-state index is -4.87. The van der Waals surface area contributed by atoms with Gasteiger partial charge in [-0.2, -0.15) is 31.3 Å². The van der Waals surface area contributed by atoms with Crippen LogP contribution in [0.4, 0.5) is 32.3 Å². The van der Waals surface area contributed by atoms with Crippen LogP contribution in [0.15, 0.2) is 0 Å². The fourth-order valence-electron chi connectivity index (χ4n) is 1.75. The van der Waals surface area contributed by atoms with Crippen LogP contribution in [-0.2, 0) is 6.18 Å². The van der Waals surface area contributed by atoms with E-state index >= 15 is 0 Å². The van der Waals surface area contributed by atoms with Crippen LogP contribution in [-0.4, -0.2) is 27.0 Å². The molecule has 0 amide bonds. The second-order valence-corrected chi connectivity index (χ2v) is 4.04. The van der Waals surface area contributed by atoms with Crippen LogP contribution in [0.3, 0.4) is 0 Å². The number of hydrogen-bond donors (Lipinski definition) is 1. The first-order valence-corrected chi connectivity index (χ1v) is 4.96. The van der Waals surface area contributed by atoms with Crippen LogP contribution in [0.5, 0.6) is 0 Å². The van der Waals surface area contributed by atoms with Crippen LogP contribution >= 0.6 is 0 Å². The molecule has 102 valence electrons. The van der Waals surface area contributed by atoms with Gasteiger partial charge in [-0.3, -0.25) is 0 Å². The van der Waals surface area contributed by atoms with Crippen molar-refractivity contribution >= 4 is 5.95 Å². The Labute approximate surface area is 97.0 Å². The van der Waals surface area contributed by atoms with Crippen molar-refractivity contribution in [2.75, 3.05) is 5.32 Å². The quantitative estimate of drug-likeness (QED) is 0.739. The van der Waals surface area contributed by atoms with E-state index in [1.54, 1.807) is 0 Å². The van der Waals surface area contributed by atoms with E-state index in [0.29, 0.717) is 0 Å². The van der Waals surface area contributed by atoms with E-state index in [2.05, 4.69) is 15.4 Å². The molecule has 0 saturated carbocycles. The number of hydrogen-bond acceptors (Lipinski definition) is 3. The van der Waals surface area contributed by atoms with Gasteiger partial charge < -0.3 is 5.32 Å². The van der Waals surface area contributed by atoms with E-state index in [4.69, 9.17) is 0 Å². The normalized spacial score (nSPS) is 24.6. The van der Waals surface area contributed by atoms with Gasteiger partial charge in [0.15, 0.2) is 6.04 Å². The predicted octanol–water partition coefficient (Wildman–Crippen LogP) is 2.60. The van der Waals surface area contributed by atoms with Crippen LogP contribution in [0.1, 0.15) is 25.2 Å². The van der Waals surface area contributed by atoms with Crippen LogP contribution in [0.2, 0.25) is 0 Å². The Morgan fingerprint density at radius 1 is 1.22 bits per heavy atom. The summed E-state index contributed by atoms with van der Waals surface area (Å²) in [5, 5.41) is 5.35. The average molecular weight is 274 g/mol. The molecule has 1 aromatic rings. The maximum Gasteiger partial charge on any atom is 0.453 e. The van der Waals surface area contributed by atoms with Crippen molar-refractivity contribution in [1.82, 2.24) is 14.8 Å². The first-order chi connectivity index (χ1) is 8.09. The summed E-state index contributed by atoms with van der Waals surface area (Å²) in [7, 11) is 0. The summed E-state index contributed by atoms with van der Waals surface area (Å²) in [6.45, 7) is 1.43. The molecule has 0 fully saturated rings. The molecule has 2 unspecified atom stereocenters. The summed E-state index contributed by atoms with van der Waals surface area (Å²) in [5.41, 5.74) is 0. The number of halogens is 6. The number of alkyl halides is 6. The molecule has 0 radical (unpaired) electrons. The first kappa shape index (κ1) is 13.0. The lowest BCUT2D eigenvalue weighted by molar-refractivity contribution is -0.175. The molecule has 2 atom stereocenters. The molecule has 0 saturated heterocycles. The fourth-order valence-corrected chi connectivity index (χ4v) is 1.75. The molecule has 10 heteroatoms. The lowest BCUT2D eigenvalue weighted by Gasteiger charge is -2.30. The molecule has 0 aliphatic carbocycles. The molecule has 0 aromatic carbocycles. The van der Waals surface area contributed by atoms with Gasteiger partial charge >= 0.3 is 12.4 Å². The van der Waals surface area contributed by atoms with Crippen LogP contribution < -0.4 is 5.32 Å². The Balaban J connectivity index is 2.46. The summed E-state index contributed by atoms with van der Waals surface area (Å²) >= 11 is 0. The molecule has 2 heterocycles. The number of anilines is 1. The topological polar surface area (TPSA) is 42.7 Å².